The molecule has 0 saturated heterocycles. The van der Waals surface area contributed by atoms with Crippen molar-refractivity contribution >= 4 is 0 Å². The van der Waals surface area contributed by atoms with Crippen molar-refractivity contribution < 1.29 is 19.5 Å². The second-order valence-corrected chi connectivity index (χ2v) is 2.50. The predicted molar refractivity (Wildman–Crippen MR) is 48.5 cm³/mol. The molecule has 1 nitrogen and oxygen atoms in total. The van der Waals surface area contributed by atoms with Crippen LogP contribution in [-0.4, -0.2) is 4.98 Å². The molecule has 0 atom stereocenters. The van der Waals surface area contributed by atoms with Gasteiger partial charge in [-0.2, -0.15) is 12.1 Å². The SMILES string of the molecule is [Ru+].[c-]1cccnc1-c1ccccc1. The molecular weight excluding hydrogens is 247 g/mol. The first-order valence-corrected chi connectivity index (χ1v) is 3.85. The van der Waals surface area contributed by atoms with Gasteiger partial charge in [0, 0.05) is 0 Å². The number of benzene rings is 1. The molecule has 0 fully saturated rings. The van der Waals surface area contributed by atoms with E-state index in [9.17, 15) is 0 Å². The van der Waals surface area contributed by atoms with Crippen molar-refractivity contribution in [1.29, 1.82) is 0 Å². The van der Waals surface area contributed by atoms with Crippen LogP contribution in [0.5, 0.6) is 0 Å². The molecular formula is C11H8NRu. The van der Waals surface area contributed by atoms with Gasteiger partial charge in [-0.3, -0.25) is 4.98 Å². The molecule has 0 aliphatic rings. The molecule has 0 amide bonds. The summed E-state index contributed by atoms with van der Waals surface area (Å²) in [6, 6.07) is 16.9. The maximum atomic E-state index is 4.19. The Hall–Kier alpha value is -1.01. The average molecular weight is 255 g/mol. The minimum atomic E-state index is 0. The molecule has 0 bridgehead atoms. The molecule has 1 radical (unpaired) electrons. The van der Waals surface area contributed by atoms with Gasteiger partial charge in [-0.15, -0.1) is 18.2 Å². The van der Waals surface area contributed by atoms with Crippen LogP contribution in [0.25, 0.3) is 11.3 Å². The molecule has 2 heteroatoms. The van der Waals surface area contributed by atoms with Gasteiger partial charge in [0.15, 0.2) is 0 Å². The van der Waals surface area contributed by atoms with Gasteiger partial charge in [0.05, 0.1) is 0 Å². The number of aromatic nitrogens is 1. The summed E-state index contributed by atoms with van der Waals surface area (Å²) in [6.45, 7) is 0. The van der Waals surface area contributed by atoms with Crippen molar-refractivity contribution in [2.24, 2.45) is 0 Å². The topological polar surface area (TPSA) is 12.9 Å². The smallest absolute Gasteiger partial charge is 0.296 e. The maximum absolute atomic E-state index is 4.19. The first kappa shape index (κ1) is 10.1. The third-order valence-corrected chi connectivity index (χ3v) is 1.65. The number of hydrogen-bond acceptors (Lipinski definition) is 1. The fourth-order valence-corrected chi connectivity index (χ4v) is 1.08. The summed E-state index contributed by atoms with van der Waals surface area (Å²) in [4.78, 5) is 4.19. The predicted octanol–water partition coefficient (Wildman–Crippen LogP) is 2.55. The first-order chi connectivity index (χ1) is 5.97. The Morgan fingerprint density at radius 3 is 2.38 bits per heavy atom. The molecule has 0 N–H and O–H groups in total. The van der Waals surface area contributed by atoms with Crippen molar-refractivity contribution in [2.75, 3.05) is 0 Å². The van der Waals surface area contributed by atoms with Crippen LogP contribution in [0.1, 0.15) is 0 Å². The van der Waals surface area contributed by atoms with E-state index in [1.807, 2.05) is 42.5 Å². The third-order valence-electron chi connectivity index (χ3n) is 1.65. The Morgan fingerprint density at radius 2 is 1.77 bits per heavy atom. The normalized spacial score (nSPS) is 8.92. The second kappa shape index (κ2) is 4.88. The molecule has 13 heavy (non-hydrogen) atoms. The van der Waals surface area contributed by atoms with Crippen LogP contribution < -0.4 is 0 Å². The maximum Gasteiger partial charge on any atom is 1.00 e. The van der Waals surface area contributed by atoms with Gasteiger partial charge >= 0.3 is 19.5 Å². The van der Waals surface area contributed by atoms with E-state index in [1.165, 1.54) is 0 Å². The van der Waals surface area contributed by atoms with Crippen LogP contribution in [0.3, 0.4) is 0 Å². The summed E-state index contributed by atoms with van der Waals surface area (Å²) < 4.78 is 0. The molecule has 0 aliphatic carbocycles. The van der Waals surface area contributed by atoms with Crippen molar-refractivity contribution in [1.82, 2.24) is 4.98 Å². The zero-order valence-electron chi connectivity index (χ0n) is 6.92. The van der Waals surface area contributed by atoms with E-state index in [1.54, 1.807) is 6.20 Å². The fourth-order valence-electron chi connectivity index (χ4n) is 1.08. The minimum absolute atomic E-state index is 0. The van der Waals surface area contributed by atoms with E-state index >= 15 is 0 Å². The first-order valence-electron chi connectivity index (χ1n) is 3.85. The Bertz CT molecular complexity index is 307. The van der Waals surface area contributed by atoms with Crippen LogP contribution in [0.4, 0.5) is 0 Å². The van der Waals surface area contributed by atoms with Crippen LogP contribution in [0.15, 0.2) is 48.7 Å². The molecule has 65 valence electrons. The van der Waals surface area contributed by atoms with E-state index in [0.717, 1.165) is 11.3 Å². The molecule has 0 aliphatic heterocycles. The minimum Gasteiger partial charge on any atom is -0.296 e. The summed E-state index contributed by atoms with van der Waals surface area (Å²) >= 11 is 0. The third kappa shape index (κ3) is 2.46. The summed E-state index contributed by atoms with van der Waals surface area (Å²) in [5.74, 6) is 0. The zero-order valence-corrected chi connectivity index (χ0v) is 8.66. The molecule has 0 unspecified atom stereocenters. The van der Waals surface area contributed by atoms with Gasteiger partial charge in [0.1, 0.15) is 0 Å². The average Bonchev–Trinajstić information content (AvgIpc) is 2.21. The molecule has 1 heterocycles. The van der Waals surface area contributed by atoms with E-state index < -0.39 is 0 Å². The molecule has 1 aromatic carbocycles. The summed E-state index contributed by atoms with van der Waals surface area (Å²) in [5, 5.41) is 0. The van der Waals surface area contributed by atoms with E-state index in [-0.39, 0.29) is 19.5 Å². The standard InChI is InChI=1S/C11H8N.Ru/c1-2-6-10(7-3-1)11-8-4-5-9-12-11;/h1-7,9H;/q-1;+1. The van der Waals surface area contributed by atoms with Gasteiger partial charge < -0.3 is 0 Å². The number of hydrogen-bond donors (Lipinski definition) is 0. The molecule has 1 aromatic heterocycles. The Balaban J connectivity index is 0.000000845. The van der Waals surface area contributed by atoms with E-state index in [4.69, 9.17) is 0 Å². The molecule has 0 spiro atoms. The van der Waals surface area contributed by atoms with Gasteiger partial charge in [0.2, 0.25) is 0 Å². The van der Waals surface area contributed by atoms with Crippen LogP contribution in [0.2, 0.25) is 0 Å². The van der Waals surface area contributed by atoms with Gasteiger partial charge in [-0.1, -0.05) is 23.8 Å². The Kier molecular flexibility index (Phi) is 3.79. The van der Waals surface area contributed by atoms with E-state index in [2.05, 4.69) is 11.1 Å². The number of nitrogens with zero attached hydrogens (tertiary/aromatic N) is 1. The molecule has 2 aromatic rings. The zero-order chi connectivity index (χ0) is 8.23. The van der Waals surface area contributed by atoms with Crippen LogP contribution in [0, 0.1) is 6.07 Å². The molecule has 0 saturated carbocycles. The second-order valence-electron chi connectivity index (χ2n) is 2.50. The summed E-state index contributed by atoms with van der Waals surface area (Å²) in [7, 11) is 0. The van der Waals surface area contributed by atoms with Gasteiger partial charge in [-0.05, 0) is 11.9 Å². The Morgan fingerprint density at radius 1 is 1.00 bits per heavy atom. The number of pyridine rings is 1. The van der Waals surface area contributed by atoms with Crippen molar-refractivity contribution in [3.05, 3.63) is 54.7 Å². The summed E-state index contributed by atoms with van der Waals surface area (Å²) in [5.41, 5.74) is 2.01. The van der Waals surface area contributed by atoms with Crippen molar-refractivity contribution in [3.8, 4) is 11.3 Å². The van der Waals surface area contributed by atoms with Crippen LogP contribution in [-0.2, 0) is 19.5 Å². The summed E-state index contributed by atoms with van der Waals surface area (Å²) in [6.07, 6.45) is 1.78. The monoisotopic (exact) mass is 256 g/mol. The van der Waals surface area contributed by atoms with Crippen molar-refractivity contribution in [3.63, 3.8) is 0 Å². The van der Waals surface area contributed by atoms with Gasteiger partial charge in [-0.25, -0.2) is 0 Å². The van der Waals surface area contributed by atoms with Crippen LogP contribution >= 0.6 is 0 Å². The van der Waals surface area contributed by atoms with Gasteiger partial charge in [0.25, 0.3) is 0 Å². The number of rotatable bonds is 1. The quantitative estimate of drug-likeness (QED) is 0.563. The van der Waals surface area contributed by atoms with E-state index in [0.29, 0.717) is 0 Å². The Labute approximate surface area is 90.6 Å². The fraction of sp³-hybridized carbons (Fsp3) is 0. The molecule has 2 rings (SSSR count). The van der Waals surface area contributed by atoms with Crippen molar-refractivity contribution in [2.45, 2.75) is 0 Å². The largest absolute Gasteiger partial charge is 1.00 e.